The summed E-state index contributed by atoms with van der Waals surface area (Å²) in [7, 11) is -1.80. The molecule has 0 radical (unpaired) electrons. The number of carbonyl (C=O) groups excluding carboxylic acids is 1. The van der Waals surface area contributed by atoms with Gasteiger partial charge >= 0.3 is 0 Å². The van der Waals surface area contributed by atoms with Crippen molar-refractivity contribution in [3.05, 3.63) is 79.9 Å². The molecule has 3 aromatic carbocycles. The number of nitrogens with one attached hydrogen (secondary N) is 1. The van der Waals surface area contributed by atoms with Crippen molar-refractivity contribution in [1.82, 2.24) is 0 Å². The summed E-state index contributed by atoms with van der Waals surface area (Å²) in [6.07, 6.45) is 0. The molecular formula is C23H22IN3O7S. The fraction of sp³-hybridized carbons (Fsp3) is 0.174. The van der Waals surface area contributed by atoms with Gasteiger partial charge in [0, 0.05) is 21.4 Å². The van der Waals surface area contributed by atoms with E-state index in [1.807, 2.05) is 13.0 Å². The molecule has 0 unspecified atom stereocenters. The summed E-state index contributed by atoms with van der Waals surface area (Å²) in [5.41, 5.74) is 0.709. The number of anilines is 2. The normalized spacial score (nSPS) is 11.0. The lowest BCUT2D eigenvalue weighted by Gasteiger charge is -2.26. The number of nitro groups is 1. The van der Waals surface area contributed by atoms with E-state index in [1.54, 1.807) is 12.1 Å². The van der Waals surface area contributed by atoms with E-state index in [4.69, 9.17) is 9.47 Å². The maximum atomic E-state index is 13.7. The molecule has 10 nitrogen and oxygen atoms in total. The van der Waals surface area contributed by atoms with Crippen LogP contribution in [0.3, 0.4) is 0 Å². The zero-order valence-electron chi connectivity index (χ0n) is 19.0. The van der Waals surface area contributed by atoms with Crippen LogP contribution < -0.4 is 19.1 Å². The van der Waals surface area contributed by atoms with Crippen molar-refractivity contribution in [2.75, 3.05) is 30.4 Å². The number of para-hydroxylation sites is 1. The summed E-state index contributed by atoms with van der Waals surface area (Å²) >= 11 is 2.14. The van der Waals surface area contributed by atoms with Crippen molar-refractivity contribution in [2.24, 2.45) is 0 Å². The smallest absolute Gasteiger partial charge is 0.289 e. The molecular weight excluding hydrogens is 589 g/mol. The molecule has 0 aliphatic rings. The third kappa shape index (κ3) is 5.82. The van der Waals surface area contributed by atoms with Crippen molar-refractivity contribution in [2.45, 2.75) is 11.8 Å². The van der Waals surface area contributed by atoms with Crippen molar-refractivity contribution in [1.29, 1.82) is 0 Å². The Kier molecular flexibility index (Phi) is 8.17. The minimum Gasteiger partial charge on any atom is -0.497 e. The van der Waals surface area contributed by atoms with Gasteiger partial charge in [0.05, 0.1) is 24.8 Å². The van der Waals surface area contributed by atoms with E-state index in [0.717, 1.165) is 25.6 Å². The Morgan fingerprint density at radius 2 is 1.80 bits per heavy atom. The lowest BCUT2D eigenvalue weighted by atomic mass is 10.2. The first-order valence-corrected chi connectivity index (χ1v) is 12.6. The fourth-order valence-corrected chi connectivity index (χ4v) is 5.56. The van der Waals surface area contributed by atoms with Gasteiger partial charge in [-0.25, -0.2) is 8.42 Å². The van der Waals surface area contributed by atoms with Crippen LogP contribution in [0.2, 0.25) is 0 Å². The second-order valence-electron chi connectivity index (χ2n) is 7.28. The van der Waals surface area contributed by atoms with Gasteiger partial charge in [-0.15, -0.1) is 0 Å². The Bertz CT molecular complexity index is 1380. The predicted octanol–water partition coefficient (Wildman–Crippen LogP) is 4.36. The minimum atomic E-state index is -4.58. The van der Waals surface area contributed by atoms with E-state index >= 15 is 0 Å². The Labute approximate surface area is 216 Å². The van der Waals surface area contributed by atoms with Crippen LogP contribution in [0.1, 0.15) is 5.56 Å². The fourth-order valence-electron chi connectivity index (χ4n) is 3.32. The molecule has 0 saturated heterocycles. The van der Waals surface area contributed by atoms with Crippen LogP contribution >= 0.6 is 22.6 Å². The Morgan fingerprint density at radius 1 is 1.09 bits per heavy atom. The number of ether oxygens (including phenoxy) is 2. The number of halogens is 1. The highest BCUT2D eigenvalue weighted by atomic mass is 127. The number of hydrogen-bond donors (Lipinski definition) is 1. The van der Waals surface area contributed by atoms with Gasteiger partial charge in [0.2, 0.25) is 5.91 Å². The lowest BCUT2D eigenvalue weighted by molar-refractivity contribution is -0.387. The average Bonchev–Trinajstić information content (AvgIpc) is 2.83. The molecule has 12 heteroatoms. The van der Waals surface area contributed by atoms with Crippen molar-refractivity contribution in [3.63, 3.8) is 0 Å². The van der Waals surface area contributed by atoms with Crippen LogP contribution in [0.4, 0.5) is 17.1 Å². The molecule has 0 aliphatic heterocycles. The second-order valence-corrected chi connectivity index (χ2v) is 10.4. The van der Waals surface area contributed by atoms with Gasteiger partial charge in [-0.2, -0.15) is 0 Å². The summed E-state index contributed by atoms with van der Waals surface area (Å²) in [6.45, 7) is 1.15. The van der Waals surface area contributed by atoms with E-state index in [-0.39, 0.29) is 11.4 Å². The molecule has 35 heavy (non-hydrogen) atoms. The number of aryl methyl sites for hydroxylation is 1. The van der Waals surface area contributed by atoms with Crippen LogP contribution in [0.5, 0.6) is 11.5 Å². The van der Waals surface area contributed by atoms with Crippen LogP contribution in [-0.2, 0) is 14.8 Å². The summed E-state index contributed by atoms with van der Waals surface area (Å²) in [5.74, 6) is -0.147. The molecule has 0 aliphatic carbocycles. The third-order valence-corrected chi connectivity index (χ3v) is 7.51. The first-order chi connectivity index (χ1) is 16.6. The first kappa shape index (κ1) is 26.2. The van der Waals surface area contributed by atoms with Crippen LogP contribution in [-0.4, -0.2) is 40.0 Å². The average molecular weight is 611 g/mol. The molecule has 184 valence electrons. The van der Waals surface area contributed by atoms with Crippen molar-refractivity contribution in [3.8, 4) is 11.5 Å². The molecule has 0 aromatic heterocycles. The maximum Gasteiger partial charge on any atom is 0.289 e. The number of benzene rings is 3. The maximum absolute atomic E-state index is 13.7. The monoisotopic (exact) mass is 611 g/mol. The second kappa shape index (κ2) is 10.9. The van der Waals surface area contributed by atoms with Gasteiger partial charge in [-0.3, -0.25) is 19.2 Å². The number of methoxy groups -OCH3 is 2. The molecule has 0 fully saturated rings. The SMILES string of the molecule is COc1ccc(N(CC(=O)Nc2ccc(I)cc2C)S(=O)(=O)c2ccccc2[N+](=O)[O-])c(OC)c1. The Morgan fingerprint density at radius 3 is 2.43 bits per heavy atom. The molecule has 0 bridgehead atoms. The van der Waals surface area contributed by atoms with Gasteiger partial charge in [0.1, 0.15) is 18.0 Å². The number of nitrogens with zero attached hydrogens (tertiary/aromatic N) is 2. The zero-order chi connectivity index (χ0) is 25.8. The lowest BCUT2D eigenvalue weighted by Crippen LogP contribution is -2.38. The topological polar surface area (TPSA) is 128 Å². The summed E-state index contributed by atoms with van der Waals surface area (Å²) in [6, 6.07) is 14.7. The van der Waals surface area contributed by atoms with E-state index in [0.29, 0.717) is 11.4 Å². The van der Waals surface area contributed by atoms with Crippen LogP contribution in [0.25, 0.3) is 0 Å². The number of sulfonamides is 1. The number of carbonyl (C=O) groups is 1. The number of nitro benzene ring substituents is 1. The van der Waals surface area contributed by atoms with E-state index in [9.17, 15) is 23.3 Å². The summed E-state index contributed by atoms with van der Waals surface area (Å²) < 4.78 is 39.8. The molecule has 1 N–H and O–H groups in total. The molecule has 0 spiro atoms. The Balaban J connectivity index is 2.11. The van der Waals surface area contributed by atoms with Gasteiger partial charge in [-0.05, 0) is 71.5 Å². The molecule has 1 amide bonds. The summed E-state index contributed by atoms with van der Waals surface area (Å²) in [4.78, 5) is 23.3. The third-order valence-electron chi connectivity index (χ3n) is 5.04. The highest BCUT2D eigenvalue weighted by Gasteiger charge is 2.34. The van der Waals surface area contributed by atoms with Crippen LogP contribution in [0.15, 0.2) is 65.6 Å². The summed E-state index contributed by atoms with van der Waals surface area (Å²) in [5, 5.41) is 14.3. The van der Waals surface area contributed by atoms with E-state index in [1.165, 1.54) is 44.6 Å². The standard InChI is InChI=1S/C23H22IN3O7S/c1-15-12-16(24)8-10-18(15)25-23(28)14-26(19-11-9-17(33-2)13-21(19)34-3)35(31,32)22-7-5-4-6-20(22)27(29)30/h4-13H,14H2,1-3H3,(H,25,28). The zero-order valence-corrected chi connectivity index (χ0v) is 22.0. The Hall–Kier alpha value is -3.39. The van der Waals surface area contributed by atoms with Gasteiger partial charge in [-0.1, -0.05) is 12.1 Å². The van der Waals surface area contributed by atoms with E-state index in [2.05, 4.69) is 27.9 Å². The quantitative estimate of drug-likeness (QED) is 0.216. The van der Waals surface area contributed by atoms with Crippen molar-refractivity contribution < 1.29 is 27.6 Å². The molecule has 0 atom stereocenters. The van der Waals surface area contributed by atoms with Gasteiger partial charge < -0.3 is 14.8 Å². The molecule has 0 saturated carbocycles. The minimum absolute atomic E-state index is 0.0148. The van der Waals surface area contributed by atoms with E-state index < -0.39 is 38.0 Å². The highest BCUT2D eigenvalue weighted by molar-refractivity contribution is 14.1. The van der Waals surface area contributed by atoms with Crippen LogP contribution in [0, 0.1) is 20.6 Å². The number of rotatable bonds is 9. The van der Waals surface area contributed by atoms with Gasteiger partial charge in [0.25, 0.3) is 15.7 Å². The van der Waals surface area contributed by atoms with Crippen molar-refractivity contribution >= 4 is 55.6 Å². The van der Waals surface area contributed by atoms with Gasteiger partial charge in [0.15, 0.2) is 4.90 Å². The number of hydrogen-bond acceptors (Lipinski definition) is 7. The molecule has 3 rings (SSSR count). The molecule has 3 aromatic rings. The number of amides is 1. The predicted molar refractivity (Wildman–Crippen MR) is 140 cm³/mol. The largest absolute Gasteiger partial charge is 0.497 e. The molecule has 0 heterocycles. The highest BCUT2D eigenvalue weighted by Crippen LogP contribution is 2.37. The first-order valence-electron chi connectivity index (χ1n) is 10.1.